The lowest BCUT2D eigenvalue weighted by atomic mass is 10.1. The number of alkyl halides is 2. The van der Waals surface area contributed by atoms with Gasteiger partial charge in [0.05, 0.1) is 17.5 Å². The number of halogens is 2. The molecule has 0 aliphatic carbocycles. The third-order valence-electron chi connectivity index (χ3n) is 2.90. The van der Waals surface area contributed by atoms with Gasteiger partial charge in [0.15, 0.2) is 10.9 Å². The van der Waals surface area contributed by atoms with E-state index in [9.17, 15) is 13.6 Å². The van der Waals surface area contributed by atoms with E-state index < -0.39 is 12.4 Å². The number of ether oxygens (including phenoxy) is 1. The number of Topliss-reactive ketones (excluding diaryl/α,β-unsaturated/α-hetero) is 1. The van der Waals surface area contributed by atoms with Crippen molar-refractivity contribution in [2.75, 3.05) is 11.5 Å². The molecule has 2 rings (SSSR count). The molecule has 0 aliphatic rings. The van der Waals surface area contributed by atoms with Gasteiger partial charge in [0, 0.05) is 0 Å². The zero-order valence-electron chi connectivity index (χ0n) is 12.5. The Morgan fingerprint density at radius 1 is 1.50 bits per heavy atom. The van der Waals surface area contributed by atoms with E-state index in [1.165, 1.54) is 18.3 Å². The summed E-state index contributed by atoms with van der Waals surface area (Å²) >= 11 is 0.986. The number of nitriles is 1. The second kappa shape index (κ2) is 7.70. The smallest absolute Gasteiger partial charge is 0.387 e. The average Bonchev–Trinajstić information content (AvgIpc) is 2.54. The van der Waals surface area contributed by atoms with E-state index in [4.69, 9.17) is 11.0 Å². The van der Waals surface area contributed by atoms with Gasteiger partial charge in [-0.2, -0.15) is 14.0 Å². The number of carbonyl (C=O) groups is 1. The molecule has 0 radical (unpaired) electrons. The second-order valence-electron chi connectivity index (χ2n) is 4.65. The first-order valence-corrected chi connectivity index (χ1v) is 7.63. The molecule has 0 saturated carbocycles. The van der Waals surface area contributed by atoms with Crippen LogP contribution in [0.1, 0.15) is 21.5 Å². The van der Waals surface area contributed by atoms with Crippen molar-refractivity contribution in [3.05, 3.63) is 41.1 Å². The first kappa shape index (κ1) is 17.6. The van der Waals surface area contributed by atoms with E-state index >= 15 is 0 Å². The fourth-order valence-corrected chi connectivity index (χ4v) is 2.51. The molecule has 24 heavy (non-hydrogen) atoms. The van der Waals surface area contributed by atoms with E-state index in [1.54, 1.807) is 13.0 Å². The van der Waals surface area contributed by atoms with E-state index in [1.807, 2.05) is 6.07 Å². The summed E-state index contributed by atoms with van der Waals surface area (Å²) in [4.78, 5) is 20.1. The minimum absolute atomic E-state index is 0.0136. The second-order valence-corrected chi connectivity index (χ2v) is 5.60. The molecule has 0 aliphatic heterocycles. The number of benzene rings is 1. The number of nitrogens with two attached hydrogens (primary N) is 1. The average molecular weight is 350 g/mol. The maximum Gasteiger partial charge on any atom is 0.387 e. The summed E-state index contributed by atoms with van der Waals surface area (Å²) in [5.74, 6) is -0.666. The first-order chi connectivity index (χ1) is 11.4. The van der Waals surface area contributed by atoms with Crippen LogP contribution in [0.4, 0.5) is 14.6 Å². The molecule has 0 fully saturated rings. The lowest BCUT2D eigenvalue weighted by molar-refractivity contribution is -0.0501. The molecule has 2 aromatic rings. The van der Waals surface area contributed by atoms with Crippen LogP contribution in [0.25, 0.3) is 0 Å². The zero-order chi connectivity index (χ0) is 17.7. The van der Waals surface area contributed by atoms with Crippen LogP contribution in [0.3, 0.4) is 0 Å². The Morgan fingerprint density at radius 3 is 2.88 bits per heavy atom. The molecule has 1 aromatic heterocycles. The Bertz CT molecular complexity index is 809. The predicted molar refractivity (Wildman–Crippen MR) is 84.0 cm³/mol. The molecule has 2 N–H and O–H groups in total. The summed E-state index contributed by atoms with van der Waals surface area (Å²) in [5, 5.41) is 8.97. The Kier molecular flexibility index (Phi) is 5.65. The Hall–Kier alpha value is -2.73. The monoisotopic (exact) mass is 350 g/mol. The molecule has 1 aromatic carbocycles. The first-order valence-electron chi connectivity index (χ1n) is 6.64. The molecule has 0 bridgehead atoms. The summed E-state index contributed by atoms with van der Waals surface area (Å²) in [6.45, 7) is -1.28. The normalized spacial score (nSPS) is 10.5. The molecule has 1 heterocycles. The topological polar surface area (TPSA) is 102 Å². The summed E-state index contributed by atoms with van der Waals surface area (Å²) in [5.41, 5.74) is 6.51. The fraction of sp³-hybridized carbons (Fsp3) is 0.200. The highest BCUT2D eigenvalue weighted by Crippen LogP contribution is 2.25. The minimum atomic E-state index is -3.02. The van der Waals surface area contributed by atoms with Crippen molar-refractivity contribution >= 4 is 23.4 Å². The van der Waals surface area contributed by atoms with Crippen LogP contribution in [0.2, 0.25) is 0 Å². The SMILES string of the molecule is Cc1ccc(OC(F)F)c(C(=O)CSc2ncc(C#N)c(N)n2)c1. The Labute approximate surface area is 140 Å². The van der Waals surface area contributed by atoms with Crippen LogP contribution < -0.4 is 10.5 Å². The molecule has 0 spiro atoms. The number of hydrogen-bond donors (Lipinski definition) is 1. The number of rotatable bonds is 6. The number of carbonyl (C=O) groups excluding carboxylic acids is 1. The van der Waals surface area contributed by atoms with Gasteiger partial charge in [-0.3, -0.25) is 4.79 Å². The molecule has 124 valence electrons. The van der Waals surface area contributed by atoms with Gasteiger partial charge in [-0.05, 0) is 19.1 Å². The zero-order valence-corrected chi connectivity index (χ0v) is 13.3. The van der Waals surface area contributed by atoms with E-state index in [-0.39, 0.29) is 33.6 Å². The summed E-state index contributed by atoms with van der Waals surface area (Å²) in [7, 11) is 0. The van der Waals surface area contributed by atoms with Crippen LogP contribution in [-0.4, -0.2) is 28.1 Å². The van der Waals surface area contributed by atoms with Crippen molar-refractivity contribution in [2.24, 2.45) is 0 Å². The quantitative estimate of drug-likeness (QED) is 0.485. The minimum Gasteiger partial charge on any atom is -0.434 e. The van der Waals surface area contributed by atoms with Gasteiger partial charge in [0.25, 0.3) is 0 Å². The molecule has 0 atom stereocenters. The molecular formula is C15H12F2N4O2S. The third kappa shape index (κ3) is 4.39. The van der Waals surface area contributed by atoms with Gasteiger partial charge in [-0.1, -0.05) is 23.4 Å². The van der Waals surface area contributed by atoms with E-state index in [0.717, 1.165) is 17.3 Å². The predicted octanol–water partition coefficient (Wildman–Crippen LogP) is 2.82. The van der Waals surface area contributed by atoms with Crippen LogP contribution in [-0.2, 0) is 0 Å². The van der Waals surface area contributed by atoms with Crippen molar-refractivity contribution in [1.82, 2.24) is 9.97 Å². The number of nitrogens with zero attached hydrogens (tertiary/aromatic N) is 3. The Balaban J connectivity index is 2.14. The number of anilines is 1. The van der Waals surface area contributed by atoms with Crippen LogP contribution >= 0.6 is 11.8 Å². The van der Waals surface area contributed by atoms with Crippen molar-refractivity contribution in [2.45, 2.75) is 18.7 Å². The number of aromatic nitrogens is 2. The molecule has 6 nitrogen and oxygen atoms in total. The highest BCUT2D eigenvalue weighted by molar-refractivity contribution is 7.99. The fourth-order valence-electron chi connectivity index (χ4n) is 1.80. The Morgan fingerprint density at radius 2 is 2.25 bits per heavy atom. The number of aryl methyl sites for hydroxylation is 1. The highest BCUT2D eigenvalue weighted by atomic mass is 32.2. The number of thioether (sulfide) groups is 1. The number of hydrogen-bond acceptors (Lipinski definition) is 7. The lowest BCUT2D eigenvalue weighted by Gasteiger charge is -2.10. The number of ketones is 1. The maximum absolute atomic E-state index is 12.4. The summed E-state index contributed by atoms with van der Waals surface area (Å²) in [6, 6.07) is 6.22. The van der Waals surface area contributed by atoms with Crippen LogP contribution in [0.15, 0.2) is 29.6 Å². The van der Waals surface area contributed by atoms with Crippen LogP contribution in [0, 0.1) is 18.3 Å². The summed E-state index contributed by atoms with van der Waals surface area (Å²) < 4.78 is 29.2. The van der Waals surface area contributed by atoms with Crippen molar-refractivity contribution < 1.29 is 18.3 Å². The standard InChI is InChI=1S/C15H12F2N4O2S/c1-8-2-3-12(23-14(16)17)10(4-8)11(22)7-24-15-20-6-9(5-18)13(19)21-15/h2-4,6,14H,7H2,1H3,(H2,19,20,21). The maximum atomic E-state index is 12.4. The van der Waals surface area contributed by atoms with Gasteiger partial charge in [-0.25, -0.2) is 9.97 Å². The molecular weight excluding hydrogens is 338 g/mol. The largest absolute Gasteiger partial charge is 0.434 e. The number of nitrogen functional groups attached to an aromatic ring is 1. The van der Waals surface area contributed by atoms with E-state index in [0.29, 0.717) is 0 Å². The molecule has 9 heteroatoms. The van der Waals surface area contributed by atoms with Gasteiger partial charge in [-0.15, -0.1) is 0 Å². The van der Waals surface area contributed by atoms with Gasteiger partial charge < -0.3 is 10.5 Å². The summed E-state index contributed by atoms with van der Waals surface area (Å²) in [6.07, 6.45) is 1.26. The third-order valence-corrected chi connectivity index (χ3v) is 3.76. The lowest BCUT2D eigenvalue weighted by Crippen LogP contribution is -2.10. The van der Waals surface area contributed by atoms with Crippen molar-refractivity contribution in [3.8, 4) is 11.8 Å². The van der Waals surface area contributed by atoms with Crippen LogP contribution in [0.5, 0.6) is 5.75 Å². The van der Waals surface area contributed by atoms with Crippen molar-refractivity contribution in [3.63, 3.8) is 0 Å². The van der Waals surface area contributed by atoms with Gasteiger partial charge >= 0.3 is 6.61 Å². The molecule has 0 saturated heterocycles. The van der Waals surface area contributed by atoms with E-state index in [2.05, 4.69) is 14.7 Å². The molecule has 0 unspecified atom stereocenters. The molecule has 0 amide bonds. The van der Waals surface area contributed by atoms with Gasteiger partial charge in [0.2, 0.25) is 0 Å². The van der Waals surface area contributed by atoms with Gasteiger partial charge in [0.1, 0.15) is 23.2 Å². The highest BCUT2D eigenvalue weighted by Gasteiger charge is 2.17. The van der Waals surface area contributed by atoms with Crippen molar-refractivity contribution in [1.29, 1.82) is 5.26 Å².